The Kier molecular flexibility index (Phi) is 3.08. The molecule has 0 spiro atoms. The van der Waals surface area contributed by atoms with E-state index in [9.17, 15) is 0 Å². The number of nitrogens with zero attached hydrogens (tertiary/aromatic N) is 3. The summed E-state index contributed by atoms with van der Waals surface area (Å²) in [6.45, 7) is 0. The summed E-state index contributed by atoms with van der Waals surface area (Å²) in [6, 6.07) is 4.23. The summed E-state index contributed by atoms with van der Waals surface area (Å²) in [4.78, 5) is 11.1. The Morgan fingerprint density at radius 3 is 1.71 bits per heavy atom. The van der Waals surface area contributed by atoms with Crippen molar-refractivity contribution in [1.29, 1.82) is 0 Å². The van der Waals surface area contributed by atoms with Crippen molar-refractivity contribution in [3.05, 3.63) is 0 Å². The number of aromatic nitrogens is 3. The van der Waals surface area contributed by atoms with Gasteiger partial charge in [0.05, 0.1) is 0 Å². The molecule has 0 saturated carbocycles. The van der Waals surface area contributed by atoms with Crippen LogP contribution in [0.5, 0.6) is 0 Å². The van der Waals surface area contributed by atoms with Gasteiger partial charge in [-0.15, -0.1) is 0 Å². The summed E-state index contributed by atoms with van der Waals surface area (Å²) in [7, 11) is 0. The van der Waals surface area contributed by atoms with Crippen molar-refractivity contribution in [2.24, 2.45) is 0 Å². The molecule has 0 saturated heterocycles. The van der Waals surface area contributed by atoms with E-state index < -0.39 is 0 Å². The van der Waals surface area contributed by atoms with Crippen LogP contribution in [-0.2, 0) is 0 Å². The molecule has 70 valence electrons. The molecule has 7 heteroatoms. The Morgan fingerprint density at radius 2 is 1.36 bits per heavy atom. The van der Waals surface area contributed by atoms with Crippen LogP contribution < -0.4 is 16.1 Å². The van der Waals surface area contributed by atoms with Crippen LogP contribution in [0.4, 0.5) is 17.8 Å². The van der Waals surface area contributed by atoms with Crippen molar-refractivity contribution in [3.8, 4) is 24.9 Å². The molecule has 0 aliphatic rings. The molecular formula is C7H6N6O. The molecule has 0 bridgehead atoms. The third-order valence-corrected chi connectivity index (χ3v) is 1.10. The first kappa shape index (κ1) is 9.58. The minimum atomic E-state index is -0.0736. The van der Waals surface area contributed by atoms with Crippen LogP contribution in [0.25, 0.3) is 0 Å². The number of hydrogen-bond donors (Lipinski definition) is 4. The van der Waals surface area contributed by atoms with Crippen molar-refractivity contribution in [2.75, 3.05) is 16.1 Å². The minimum Gasteiger partial charge on any atom is -0.288 e. The maximum atomic E-state index is 8.56. The second-order valence-corrected chi connectivity index (χ2v) is 1.96. The first-order valence-electron chi connectivity index (χ1n) is 3.39. The Morgan fingerprint density at radius 1 is 0.929 bits per heavy atom. The van der Waals surface area contributed by atoms with Gasteiger partial charge in [0.2, 0.25) is 11.9 Å². The number of anilines is 3. The summed E-state index contributed by atoms with van der Waals surface area (Å²) in [5.41, 5.74) is 1.75. The van der Waals surface area contributed by atoms with Crippen molar-refractivity contribution >= 4 is 17.8 Å². The van der Waals surface area contributed by atoms with Crippen LogP contribution in [0.2, 0.25) is 0 Å². The topological polar surface area (TPSA) is 95.0 Å². The van der Waals surface area contributed by atoms with E-state index in [1.165, 1.54) is 0 Å². The van der Waals surface area contributed by atoms with Crippen molar-refractivity contribution in [2.45, 2.75) is 0 Å². The molecule has 0 fully saturated rings. The maximum Gasteiger partial charge on any atom is 0.253 e. The normalized spacial score (nSPS) is 8.21. The highest BCUT2D eigenvalue weighted by Crippen LogP contribution is 2.07. The Balaban J connectivity index is 3.03. The summed E-state index contributed by atoms with van der Waals surface area (Å²) < 4.78 is 0. The van der Waals surface area contributed by atoms with Crippen molar-refractivity contribution in [1.82, 2.24) is 15.0 Å². The predicted molar refractivity (Wildman–Crippen MR) is 50.1 cm³/mol. The van der Waals surface area contributed by atoms with Gasteiger partial charge in [0.1, 0.15) is 0 Å². The van der Waals surface area contributed by atoms with E-state index in [0.29, 0.717) is 0 Å². The molecule has 1 aromatic rings. The lowest BCUT2D eigenvalue weighted by Gasteiger charge is -2.02. The molecule has 0 unspecified atom stereocenters. The molecule has 0 radical (unpaired) electrons. The zero-order valence-electron chi connectivity index (χ0n) is 6.94. The summed E-state index contributed by atoms with van der Waals surface area (Å²) in [6.07, 6.45) is 9.94. The van der Waals surface area contributed by atoms with Gasteiger partial charge in [0.25, 0.3) is 5.95 Å². The number of terminal acetylenes is 2. The fourth-order valence-electron chi connectivity index (χ4n) is 0.667. The summed E-state index contributed by atoms with van der Waals surface area (Å²) in [5.74, 6) is 0.115. The van der Waals surface area contributed by atoms with E-state index in [-0.39, 0.29) is 17.8 Å². The van der Waals surface area contributed by atoms with Gasteiger partial charge in [0.15, 0.2) is 0 Å². The van der Waals surface area contributed by atoms with Crippen LogP contribution in [0, 0.1) is 24.9 Å². The summed E-state index contributed by atoms with van der Waals surface area (Å²) in [5, 5.41) is 13.3. The van der Waals surface area contributed by atoms with Crippen molar-refractivity contribution < 1.29 is 5.21 Å². The highest BCUT2D eigenvalue weighted by molar-refractivity contribution is 5.45. The largest absolute Gasteiger partial charge is 0.288 e. The lowest BCUT2D eigenvalue weighted by Crippen LogP contribution is -2.06. The van der Waals surface area contributed by atoms with E-state index in [2.05, 4.69) is 37.7 Å². The number of rotatable bonds is 3. The standard InChI is InChI=1S/C7H6N6O/c1-3-8-5-10-6(9-4-2)12-7(11-5)13-14/h1-2,14H,(H3,8,9,10,11,12,13). The van der Waals surface area contributed by atoms with Gasteiger partial charge in [-0.25, -0.2) is 5.48 Å². The zero-order chi connectivity index (χ0) is 10.4. The van der Waals surface area contributed by atoms with E-state index in [1.807, 2.05) is 0 Å². The fourth-order valence-corrected chi connectivity index (χ4v) is 0.667. The van der Waals surface area contributed by atoms with Gasteiger partial charge >= 0.3 is 0 Å². The lowest BCUT2D eigenvalue weighted by atomic mass is 10.8. The molecule has 14 heavy (non-hydrogen) atoms. The molecule has 0 aliphatic heterocycles. The van der Waals surface area contributed by atoms with Gasteiger partial charge < -0.3 is 0 Å². The molecule has 0 amide bonds. The van der Waals surface area contributed by atoms with Gasteiger partial charge in [-0.05, 0) is 0 Å². The quantitative estimate of drug-likeness (QED) is 0.294. The second kappa shape index (κ2) is 4.50. The molecule has 0 aliphatic carbocycles. The van der Waals surface area contributed by atoms with E-state index >= 15 is 0 Å². The van der Waals surface area contributed by atoms with Gasteiger partial charge in [0, 0.05) is 12.1 Å². The Hall–Kier alpha value is -2.51. The first-order valence-corrected chi connectivity index (χ1v) is 3.39. The SMILES string of the molecule is C#CNc1nc(NO)nc(NC#C)n1. The highest BCUT2D eigenvalue weighted by atomic mass is 16.5. The molecule has 1 heterocycles. The Bertz CT molecular complexity index is 369. The third-order valence-electron chi connectivity index (χ3n) is 1.10. The van der Waals surface area contributed by atoms with Gasteiger partial charge in [-0.1, -0.05) is 12.8 Å². The average Bonchev–Trinajstić information content (AvgIpc) is 2.18. The minimum absolute atomic E-state index is 0.0736. The number of hydrogen-bond acceptors (Lipinski definition) is 7. The molecule has 1 rings (SSSR count). The van der Waals surface area contributed by atoms with E-state index in [1.54, 1.807) is 5.48 Å². The zero-order valence-corrected chi connectivity index (χ0v) is 6.94. The van der Waals surface area contributed by atoms with Crippen LogP contribution in [0.1, 0.15) is 0 Å². The summed E-state index contributed by atoms with van der Waals surface area (Å²) >= 11 is 0. The van der Waals surface area contributed by atoms with Crippen LogP contribution in [0.15, 0.2) is 0 Å². The molecular weight excluding hydrogens is 184 g/mol. The number of nitrogens with one attached hydrogen (secondary N) is 3. The van der Waals surface area contributed by atoms with E-state index in [4.69, 9.17) is 18.1 Å². The van der Waals surface area contributed by atoms with Gasteiger partial charge in [-0.3, -0.25) is 15.8 Å². The van der Waals surface area contributed by atoms with Gasteiger partial charge in [-0.2, -0.15) is 15.0 Å². The third kappa shape index (κ3) is 2.24. The molecule has 4 N–H and O–H groups in total. The smallest absolute Gasteiger partial charge is 0.253 e. The molecule has 0 atom stereocenters. The predicted octanol–water partition coefficient (Wildman–Crippen LogP) is -0.322. The van der Waals surface area contributed by atoms with E-state index in [0.717, 1.165) is 0 Å². The van der Waals surface area contributed by atoms with Crippen LogP contribution in [0.3, 0.4) is 0 Å². The lowest BCUT2D eigenvalue weighted by molar-refractivity contribution is 0.382. The second-order valence-electron chi connectivity index (χ2n) is 1.96. The average molecular weight is 190 g/mol. The molecule has 7 nitrogen and oxygen atoms in total. The van der Waals surface area contributed by atoms with Crippen LogP contribution in [-0.4, -0.2) is 20.2 Å². The monoisotopic (exact) mass is 190 g/mol. The fraction of sp³-hybridized carbons (Fsp3) is 0. The molecule has 0 aromatic carbocycles. The maximum absolute atomic E-state index is 8.56. The molecule has 1 aromatic heterocycles. The van der Waals surface area contributed by atoms with Crippen LogP contribution >= 0.6 is 0 Å². The Labute approximate surface area is 79.9 Å². The van der Waals surface area contributed by atoms with Crippen molar-refractivity contribution in [3.63, 3.8) is 0 Å². The highest BCUT2D eigenvalue weighted by Gasteiger charge is 2.03. The first-order chi connectivity index (χ1) is 6.80.